The third kappa shape index (κ3) is 10.5. The number of carbonyl (C=O) groups excluding carboxylic acids is 6. The summed E-state index contributed by atoms with van der Waals surface area (Å²) in [6.45, 7) is 7.25. The van der Waals surface area contributed by atoms with Gasteiger partial charge < -0.3 is 37.9 Å². The first-order valence-electron chi connectivity index (χ1n) is 14.1. The van der Waals surface area contributed by atoms with Gasteiger partial charge in [0.05, 0.1) is 18.6 Å². The van der Waals surface area contributed by atoms with Crippen LogP contribution in [0.4, 0.5) is 0 Å². The summed E-state index contributed by atoms with van der Waals surface area (Å²) in [4.78, 5) is 76.6. The summed E-state index contributed by atoms with van der Waals surface area (Å²) in [5.41, 5.74) is 15.3. The van der Waals surface area contributed by atoms with Gasteiger partial charge in [-0.15, -0.1) is 0 Å². The number of primary amides is 1. The van der Waals surface area contributed by atoms with E-state index in [1.54, 1.807) is 6.92 Å². The molecule has 1 fully saturated rings. The number of ether oxygens (including phenoxy) is 1. The molecule has 9 N–H and O–H groups in total. The molecule has 0 aromatic carbocycles. The Morgan fingerprint density at radius 1 is 0.975 bits per heavy atom. The van der Waals surface area contributed by atoms with E-state index in [9.17, 15) is 28.8 Å². The fourth-order valence-corrected chi connectivity index (χ4v) is 5.05. The van der Waals surface area contributed by atoms with E-state index >= 15 is 0 Å². The van der Waals surface area contributed by atoms with Crippen molar-refractivity contribution in [2.45, 2.75) is 109 Å². The predicted molar refractivity (Wildman–Crippen MR) is 148 cm³/mol. The van der Waals surface area contributed by atoms with Gasteiger partial charge in [0.15, 0.2) is 0 Å². The van der Waals surface area contributed by atoms with Crippen molar-refractivity contribution in [1.82, 2.24) is 16.0 Å². The Bertz CT molecular complexity index is 912. The summed E-state index contributed by atoms with van der Waals surface area (Å²) in [6.07, 6.45) is 2.48. The summed E-state index contributed by atoms with van der Waals surface area (Å²) >= 11 is 0. The lowest BCUT2D eigenvalue weighted by Gasteiger charge is -2.34. The molecule has 13 heteroatoms. The number of nitrogens with one attached hydrogen (secondary N) is 3. The van der Waals surface area contributed by atoms with Crippen LogP contribution in [-0.2, 0) is 33.5 Å². The molecular weight excluding hydrogens is 520 g/mol. The van der Waals surface area contributed by atoms with Crippen molar-refractivity contribution in [2.24, 2.45) is 29.0 Å². The molecule has 228 valence electrons. The first-order valence-corrected chi connectivity index (χ1v) is 14.1. The number of nitrogens with two attached hydrogens (primary N) is 3. The Hall–Kier alpha value is -3.06. The van der Waals surface area contributed by atoms with E-state index in [2.05, 4.69) is 16.0 Å². The zero-order chi connectivity index (χ0) is 30.5. The standard InChI is InChI=1S/C27H48N6O7/c1-5-40-26(39)27(13-8-9-18(27)17(4)34)33-25(38)21(11-12-22(30)35)32-24(37)20(10-6-7-14-28)31-23(36)19(29)15-16(2)3/h16,18-21H,5-15,28-29H2,1-4H3,(H2,30,35)(H,31,36)(H,32,37)(H,33,38)/t18?,19-,20-,21-,27?/m0/s1. The van der Waals surface area contributed by atoms with Gasteiger partial charge in [0.1, 0.15) is 23.4 Å². The number of carbonyl (C=O) groups is 6. The maximum atomic E-state index is 13.5. The normalized spacial score (nSPS) is 20.7. The lowest BCUT2D eigenvalue weighted by Crippen LogP contribution is -2.63. The van der Waals surface area contributed by atoms with E-state index in [-0.39, 0.29) is 44.0 Å². The first kappa shape index (κ1) is 35.0. The van der Waals surface area contributed by atoms with Crippen LogP contribution in [0.5, 0.6) is 0 Å². The van der Waals surface area contributed by atoms with Crippen molar-refractivity contribution in [1.29, 1.82) is 0 Å². The lowest BCUT2D eigenvalue weighted by atomic mass is 9.83. The number of unbranched alkanes of at least 4 members (excludes halogenated alkanes) is 1. The summed E-state index contributed by atoms with van der Waals surface area (Å²) in [5, 5.41) is 7.96. The number of rotatable bonds is 18. The smallest absolute Gasteiger partial charge is 0.332 e. The zero-order valence-corrected chi connectivity index (χ0v) is 24.3. The average Bonchev–Trinajstić information content (AvgIpc) is 3.30. The van der Waals surface area contributed by atoms with Gasteiger partial charge in [-0.25, -0.2) is 4.79 Å². The average molecular weight is 569 g/mol. The molecule has 0 aromatic heterocycles. The predicted octanol–water partition coefficient (Wildman–Crippen LogP) is -0.469. The molecule has 5 atom stereocenters. The molecule has 1 rings (SSSR count). The van der Waals surface area contributed by atoms with E-state index in [1.807, 2.05) is 13.8 Å². The second-order valence-electron chi connectivity index (χ2n) is 10.9. The van der Waals surface area contributed by atoms with Crippen molar-refractivity contribution in [3.8, 4) is 0 Å². The molecule has 40 heavy (non-hydrogen) atoms. The van der Waals surface area contributed by atoms with Crippen LogP contribution in [0.3, 0.4) is 0 Å². The third-order valence-electron chi connectivity index (χ3n) is 7.09. The molecule has 1 aliphatic rings. The molecule has 0 saturated heterocycles. The molecular formula is C27H48N6O7. The number of Topliss-reactive ketones (excluding diaryl/α,β-unsaturated/α-hetero) is 1. The molecule has 1 aliphatic carbocycles. The number of esters is 1. The molecule has 0 spiro atoms. The van der Waals surface area contributed by atoms with E-state index < -0.39 is 59.2 Å². The van der Waals surface area contributed by atoms with Crippen LogP contribution in [-0.4, -0.2) is 72.2 Å². The largest absolute Gasteiger partial charge is 0.464 e. The highest BCUT2D eigenvalue weighted by molar-refractivity contribution is 5.98. The van der Waals surface area contributed by atoms with Gasteiger partial charge in [0, 0.05) is 6.42 Å². The fourth-order valence-electron chi connectivity index (χ4n) is 5.05. The lowest BCUT2D eigenvalue weighted by molar-refractivity contribution is -0.157. The minimum absolute atomic E-state index is 0.0477. The number of ketones is 1. The zero-order valence-electron chi connectivity index (χ0n) is 24.3. The van der Waals surface area contributed by atoms with E-state index in [0.29, 0.717) is 38.6 Å². The summed E-state index contributed by atoms with van der Waals surface area (Å²) in [6, 6.07) is -3.12. The Kier molecular flexibility index (Phi) is 14.8. The van der Waals surface area contributed by atoms with Gasteiger partial charge >= 0.3 is 5.97 Å². The number of hydrogen-bond acceptors (Lipinski definition) is 9. The molecule has 4 amide bonds. The first-order chi connectivity index (χ1) is 18.8. The quantitative estimate of drug-likeness (QED) is 0.0926. The third-order valence-corrected chi connectivity index (χ3v) is 7.09. The van der Waals surface area contributed by atoms with Gasteiger partial charge in [0.25, 0.3) is 0 Å². The van der Waals surface area contributed by atoms with Crippen LogP contribution in [0.15, 0.2) is 0 Å². The van der Waals surface area contributed by atoms with Crippen molar-refractivity contribution in [3.05, 3.63) is 0 Å². The summed E-state index contributed by atoms with van der Waals surface area (Å²) < 4.78 is 5.22. The minimum atomic E-state index is -1.59. The van der Waals surface area contributed by atoms with Gasteiger partial charge in [0.2, 0.25) is 23.6 Å². The number of amides is 4. The second-order valence-corrected chi connectivity index (χ2v) is 10.9. The summed E-state index contributed by atoms with van der Waals surface area (Å²) in [5.74, 6) is -4.26. The van der Waals surface area contributed by atoms with E-state index in [0.717, 1.165) is 0 Å². The van der Waals surface area contributed by atoms with Gasteiger partial charge in [-0.1, -0.05) is 13.8 Å². The van der Waals surface area contributed by atoms with Crippen molar-refractivity contribution < 1.29 is 33.5 Å². The van der Waals surface area contributed by atoms with Crippen LogP contribution >= 0.6 is 0 Å². The van der Waals surface area contributed by atoms with Gasteiger partial charge in [-0.05, 0) is 77.7 Å². The van der Waals surface area contributed by atoms with Crippen LogP contribution in [0.1, 0.15) is 85.5 Å². The SMILES string of the molecule is CCOC(=O)C1(NC(=O)[C@H](CCC(N)=O)NC(=O)[C@H](CCCCN)NC(=O)[C@@H](N)CC(C)C)CCCC1C(C)=O. The molecule has 1 saturated carbocycles. The topological polar surface area (TPSA) is 226 Å². The highest BCUT2D eigenvalue weighted by atomic mass is 16.5. The Balaban J connectivity index is 3.22. The Morgan fingerprint density at radius 2 is 1.60 bits per heavy atom. The molecule has 0 heterocycles. The van der Waals surface area contributed by atoms with Crippen LogP contribution in [0, 0.1) is 11.8 Å². The molecule has 0 radical (unpaired) electrons. The van der Waals surface area contributed by atoms with Gasteiger partial charge in [-0.2, -0.15) is 0 Å². The molecule has 0 aromatic rings. The monoisotopic (exact) mass is 568 g/mol. The van der Waals surface area contributed by atoms with Crippen molar-refractivity contribution >= 4 is 35.4 Å². The molecule has 0 aliphatic heterocycles. The number of hydrogen-bond donors (Lipinski definition) is 6. The van der Waals surface area contributed by atoms with Crippen LogP contribution in [0.25, 0.3) is 0 Å². The minimum Gasteiger partial charge on any atom is -0.464 e. The van der Waals surface area contributed by atoms with E-state index in [1.165, 1.54) is 6.92 Å². The molecule has 13 nitrogen and oxygen atoms in total. The second kappa shape index (κ2) is 16.9. The van der Waals surface area contributed by atoms with Crippen LogP contribution < -0.4 is 33.2 Å². The Labute approximate surface area is 236 Å². The van der Waals surface area contributed by atoms with Crippen molar-refractivity contribution in [2.75, 3.05) is 13.2 Å². The van der Waals surface area contributed by atoms with Crippen molar-refractivity contribution in [3.63, 3.8) is 0 Å². The highest BCUT2D eigenvalue weighted by Gasteiger charge is 2.54. The van der Waals surface area contributed by atoms with E-state index in [4.69, 9.17) is 21.9 Å². The summed E-state index contributed by atoms with van der Waals surface area (Å²) in [7, 11) is 0. The molecule has 0 bridgehead atoms. The van der Waals surface area contributed by atoms with Crippen LogP contribution in [0.2, 0.25) is 0 Å². The molecule has 2 unspecified atom stereocenters. The Morgan fingerprint density at radius 3 is 2.15 bits per heavy atom. The fraction of sp³-hybridized carbons (Fsp3) is 0.778. The maximum absolute atomic E-state index is 13.5. The maximum Gasteiger partial charge on any atom is 0.332 e. The highest BCUT2D eigenvalue weighted by Crippen LogP contribution is 2.38. The van der Waals surface area contributed by atoms with Gasteiger partial charge in [-0.3, -0.25) is 24.0 Å².